The molecular formula is C16H24BrNO. The van der Waals surface area contributed by atoms with Crippen LogP contribution in [0.2, 0.25) is 0 Å². The lowest BCUT2D eigenvalue weighted by molar-refractivity contribution is 0.237. The van der Waals surface area contributed by atoms with Crippen molar-refractivity contribution in [3.8, 4) is 5.75 Å². The first-order valence-electron chi connectivity index (χ1n) is 7.16. The maximum absolute atomic E-state index is 5.36. The Morgan fingerprint density at radius 1 is 1.26 bits per heavy atom. The highest BCUT2D eigenvalue weighted by Crippen LogP contribution is 2.39. The van der Waals surface area contributed by atoms with E-state index >= 15 is 0 Å². The third-order valence-electron chi connectivity index (χ3n) is 4.38. The molecule has 0 aromatic heterocycles. The molecule has 1 aromatic carbocycles. The summed E-state index contributed by atoms with van der Waals surface area (Å²) >= 11 is 3.68. The first-order valence-corrected chi connectivity index (χ1v) is 7.95. The predicted octanol–water partition coefficient (Wildman–Crippen LogP) is 4.54. The number of ether oxygens (including phenoxy) is 1. The molecule has 2 rings (SSSR count). The summed E-state index contributed by atoms with van der Waals surface area (Å²) in [6.45, 7) is 2.37. The molecular weight excluding hydrogens is 302 g/mol. The Morgan fingerprint density at radius 3 is 2.53 bits per heavy atom. The Morgan fingerprint density at radius 2 is 1.95 bits per heavy atom. The molecule has 1 unspecified atom stereocenters. The number of benzene rings is 1. The zero-order valence-electron chi connectivity index (χ0n) is 12.1. The van der Waals surface area contributed by atoms with Gasteiger partial charge in [0, 0.05) is 10.5 Å². The maximum Gasteiger partial charge on any atom is 0.119 e. The van der Waals surface area contributed by atoms with E-state index < -0.39 is 0 Å². The van der Waals surface area contributed by atoms with Crippen LogP contribution in [0.3, 0.4) is 0 Å². The topological polar surface area (TPSA) is 21.3 Å². The number of rotatable bonds is 4. The molecule has 0 spiro atoms. The Kier molecular flexibility index (Phi) is 5.28. The molecule has 19 heavy (non-hydrogen) atoms. The summed E-state index contributed by atoms with van der Waals surface area (Å²) in [4.78, 5) is 0. The highest BCUT2D eigenvalue weighted by molar-refractivity contribution is 9.10. The van der Waals surface area contributed by atoms with Crippen LogP contribution in [0.5, 0.6) is 5.75 Å². The largest absolute Gasteiger partial charge is 0.497 e. The Balaban J connectivity index is 2.21. The van der Waals surface area contributed by atoms with Crippen molar-refractivity contribution in [1.29, 1.82) is 0 Å². The van der Waals surface area contributed by atoms with E-state index in [1.54, 1.807) is 7.11 Å². The lowest BCUT2D eigenvalue weighted by atomic mass is 9.77. The van der Waals surface area contributed by atoms with Gasteiger partial charge in [0.05, 0.1) is 7.11 Å². The third kappa shape index (κ3) is 3.51. The van der Waals surface area contributed by atoms with E-state index in [0.29, 0.717) is 6.04 Å². The Hall–Kier alpha value is -0.540. The van der Waals surface area contributed by atoms with Crippen molar-refractivity contribution < 1.29 is 4.74 Å². The molecule has 0 aliphatic heterocycles. The molecule has 106 valence electrons. The van der Waals surface area contributed by atoms with Gasteiger partial charge in [-0.15, -0.1) is 0 Å². The quantitative estimate of drug-likeness (QED) is 0.877. The lowest BCUT2D eigenvalue weighted by Gasteiger charge is -2.33. The van der Waals surface area contributed by atoms with Gasteiger partial charge in [-0.2, -0.15) is 0 Å². The van der Waals surface area contributed by atoms with Crippen LogP contribution in [0.15, 0.2) is 22.7 Å². The molecule has 1 saturated carbocycles. The predicted molar refractivity (Wildman–Crippen MR) is 83.6 cm³/mol. The SMILES string of the molecule is CNC(c1cc(OC)ccc1Br)C1CCC(C)CC1. The maximum atomic E-state index is 5.36. The number of methoxy groups -OCH3 is 1. The second-order valence-electron chi connectivity index (χ2n) is 5.67. The molecule has 0 bridgehead atoms. The van der Waals surface area contributed by atoms with Crippen LogP contribution in [0.1, 0.15) is 44.2 Å². The first-order chi connectivity index (χ1) is 9.15. The Labute approximate surface area is 125 Å². The standard InChI is InChI=1S/C16H24BrNO/c1-11-4-6-12(7-5-11)16(18-2)14-10-13(19-3)8-9-15(14)17/h8-12,16,18H,4-7H2,1-3H3. The van der Waals surface area contributed by atoms with E-state index in [1.807, 2.05) is 6.07 Å². The molecule has 0 heterocycles. The molecule has 1 aliphatic rings. The summed E-state index contributed by atoms with van der Waals surface area (Å²) < 4.78 is 6.53. The minimum Gasteiger partial charge on any atom is -0.497 e. The van der Waals surface area contributed by atoms with Crippen molar-refractivity contribution in [2.24, 2.45) is 11.8 Å². The van der Waals surface area contributed by atoms with Crippen LogP contribution in [0.4, 0.5) is 0 Å². The van der Waals surface area contributed by atoms with Gasteiger partial charge >= 0.3 is 0 Å². The summed E-state index contributed by atoms with van der Waals surface area (Å²) in [6.07, 6.45) is 5.33. The van der Waals surface area contributed by atoms with E-state index in [2.05, 4.69) is 47.4 Å². The molecule has 0 radical (unpaired) electrons. The van der Waals surface area contributed by atoms with Gasteiger partial charge in [-0.25, -0.2) is 0 Å². The van der Waals surface area contributed by atoms with Crippen molar-refractivity contribution in [1.82, 2.24) is 5.32 Å². The molecule has 1 fully saturated rings. The van der Waals surface area contributed by atoms with Crippen LogP contribution < -0.4 is 10.1 Å². The van der Waals surface area contributed by atoms with Crippen LogP contribution in [-0.4, -0.2) is 14.2 Å². The average molecular weight is 326 g/mol. The minimum atomic E-state index is 0.414. The van der Waals surface area contributed by atoms with Gasteiger partial charge in [0.2, 0.25) is 0 Å². The summed E-state index contributed by atoms with van der Waals surface area (Å²) in [6, 6.07) is 6.66. The van der Waals surface area contributed by atoms with E-state index in [-0.39, 0.29) is 0 Å². The van der Waals surface area contributed by atoms with E-state index in [4.69, 9.17) is 4.74 Å². The van der Waals surface area contributed by atoms with Gasteiger partial charge in [-0.05, 0) is 55.5 Å². The molecule has 0 saturated heterocycles. The van der Waals surface area contributed by atoms with Gasteiger partial charge in [-0.3, -0.25) is 0 Å². The van der Waals surface area contributed by atoms with Crippen molar-refractivity contribution in [2.75, 3.05) is 14.2 Å². The van der Waals surface area contributed by atoms with Crippen LogP contribution in [-0.2, 0) is 0 Å². The molecule has 1 aliphatic carbocycles. The van der Waals surface area contributed by atoms with Crippen molar-refractivity contribution >= 4 is 15.9 Å². The van der Waals surface area contributed by atoms with E-state index in [0.717, 1.165) is 17.6 Å². The monoisotopic (exact) mass is 325 g/mol. The zero-order chi connectivity index (χ0) is 13.8. The smallest absolute Gasteiger partial charge is 0.119 e. The fourth-order valence-corrected chi connectivity index (χ4v) is 3.64. The summed E-state index contributed by atoms with van der Waals surface area (Å²) in [7, 11) is 3.79. The fourth-order valence-electron chi connectivity index (χ4n) is 3.15. The van der Waals surface area contributed by atoms with Crippen LogP contribution >= 0.6 is 15.9 Å². The average Bonchev–Trinajstić information content (AvgIpc) is 2.43. The fraction of sp³-hybridized carbons (Fsp3) is 0.625. The van der Waals surface area contributed by atoms with E-state index in [9.17, 15) is 0 Å². The zero-order valence-corrected chi connectivity index (χ0v) is 13.7. The normalized spacial score (nSPS) is 25.1. The second kappa shape index (κ2) is 6.76. The van der Waals surface area contributed by atoms with Crippen LogP contribution in [0.25, 0.3) is 0 Å². The van der Waals surface area contributed by atoms with Crippen molar-refractivity contribution in [2.45, 2.75) is 38.6 Å². The number of halogens is 1. The molecule has 1 aromatic rings. The first kappa shape index (κ1) is 14.9. The third-order valence-corrected chi connectivity index (χ3v) is 5.10. The molecule has 2 nitrogen and oxygen atoms in total. The second-order valence-corrected chi connectivity index (χ2v) is 6.53. The van der Waals surface area contributed by atoms with Gasteiger partial charge in [0.15, 0.2) is 0 Å². The number of hydrogen-bond acceptors (Lipinski definition) is 2. The van der Waals surface area contributed by atoms with Crippen LogP contribution in [0, 0.1) is 11.8 Å². The number of nitrogens with one attached hydrogen (secondary N) is 1. The molecule has 3 heteroatoms. The summed E-state index contributed by atoms with van der Waals surface area (Å²) in [5.74, 6) is 2.55. The molecule has 1 N–H and O–H groups in total. The highest BCUT2D eigenvalue weighted by Gasteiger charge is 2.27. The molecule has 1 atom stereocenters. The number of hydrogen-bond donors (Lipinski definition) is 1. The highest BCUT2D eigenvalue weighted by atomic mass is 79.9. The van der Waals surface area contributed by atoms with Crippen molar-refractivity contribution in [3.05, 3.63) is 28.2 Å². The summed E-state index contributed by atoms with van der Waals surface area (Å²) in [5.41, 5.74) is 1.32. The van der Waals surface area contributed by atoms with Gasteiger partial charge in [0.1, 0.15) is 5.75 Å². The molecule has 0 amide bonds. The van der Waals surface area contributed by atoms with Crippen molar-refractivity contribution in [3.63, 3.8) is 0 Å². The lowest BCUT2D eigenvalue weighted by Crippen LogP contribution is -2.28. The van der Waals surface area contributed by atoms with Gasteiger partial charge < -0.3 is 10.1 Å². The summed E-state index contributed by atoms with van der Waals surface area (Å²) in [5, 5.41) is 3.51. The van der Waals surface area contributed by atoms with E-state index in [1.165, 1.54) is 35.7 Å². The van der Waals surface area contributed by atoms with Gasteiger partial charge in [0.25, 0.3) is 0 Å². The Bertz CT molecular complexity index is 413. The minimum absolute atomic E-state index is 0.414. The van der Waals surface area contributed by atoms with Gasteiger partial charge in [-0.1, -0.05) is 35.7 Å².